The molecular formula is C16H14N2O3. The van der Waals surface area contributed by atoms with E-state index in [1.807, 2.05) is 0 Å². The minimum absolute atomic E-state index is 0.0732. The number of anilines is 1. The molecule has 1 aliphatic rings. The highest BCUT2D eigenvalue weighted by Gasteiger charge is 2.36. The standard InChI is InChI=1S/C16H14N2O3/c17-11-7-5-10(6-8-11)14(19)9-18-15(20)12-3-1-2-4-13(12)16(18)21/h1-8,14,19H,9,17H2. The van der Waals surface area contributed by atoms with Crippen LogP contribution < -0.4 is 5.73 Å². The Bertz CT molecular complexity index is 675. The van der Waals surface area contributed by atoms with E-state index in [4.69, 9.17) is 5.73 Å². The molecule has 1 unspecified atom stereocenters. The number of rotatable bonds is 3. The van der Waals surface area contributed by atoms with Crippen molar-refractivity contribution in [2.24, 2.45) is 0 Å². The van der Waals surface area contributed by atoms with Gasteiger partial charge in [0.05, 0.1) is 23.8 Å². The fourth-order valence-electron chi connectivity index (χ4n) is 2.40. The van der Waals surface area contributed by atoms with Crippen molar-refractivity contribution in [3.63, 3.8) is 0 Å². The second kappa shape index (κ2) is 5.03. The summed E-state index contributed by atoms with van der Waals surface area (Å²) in [6, 6.07) is 13.3. The predicted octanol–water partition coefficient (Wildman–Crippen LogP) is 1.60. The predicted molar refractivity (Wildman–Crippen MR) is 77.6 cm³/mol. The van der Waals surface area contributed by atoms with Gasteiger partial charge in [0.25, 0.3) is 11.8 Å². The molecule has 0 bridgehead atoms. The van der Waals surface area contributed by atoms with Gasteiger partial charge < -0.3 is 10.8 Å². The lowest BCUT2D eigenvalue weighted by atomic mass is 10.1. The normalized spacial score (nSPS) is 15.2. The maximum atomic E-state index is 12.2. The number of amides is 2. The van der Waals surface area contributed by atoms with Crippen LogP contribution in [0.25, 0.3) is 0 Å². The van der Waals surface area contributed by atoms with E-state index in [2.05, 4.69) is 0 Å². The summed E-state index contributed by atoms with van der Waals surface area (Å²) in [7, 11) is 0. The molecule has 0 spiro atoms. The summed E-state index contributed by atoms with van der Waals surface area (Å²) in [5, 5.41) is 10.2. The third kappa shape index (κ3) is 2.28. The summed E-state index contributed by atoms with van der Waals surface area (Å²) in [5.41, 5.74) is 7.56. The monoisotopic (exact) mass is 282 g/mol. The highest BCUT2D eigenvalue weighted by Crippen LogP contribution is 2.25. The van der Waals surface area contributed by atoms with Crippen LogP contribution in [0.1, 0.15) is 32.4 Å². The van der Waals surface area contributed by atoms with Crippen molar-refractivity contribution in [1.29, 1.82) is 0 Å². The average Bonchev–Trinajstić information content (AvgIpc) is 2.73. The second-order valence-corrected chi connectivity index (χ2v) is 4.95. The number of carbonyl (C=O) groups is 2. The lowest BCUT2D eigenvalue weighted by molar-refractivity contribution is 0.0543. The summed E-state index contributed by atoms with van der Waals surface area (Å²) < 4.78 is 0. The molecule has 2 amide bonds. The lowest BCUT2D eigenvalue weighted by Gasteiger charge is -2.18. The summed E-state index contributed by atoms with van der Waals surface area (Å²) >= 11 is 0. The van der Waals surface area contributed by atoms with Gasteiger partial charge in [-0.3, -0.25) is 14.5 Å². The van der Waals surface area contributed by atoms with E-state index in [9.17, 15) is 14.7 Å². The van der Waals surface area contributed by atoms with Crippen molar-refractivity contribution in [3.8, 4) is 0 Å². The molecule has 2 aromatic rings. The molecular weight excluding hydrogens is 268 g/mol. The number of nitrogens with zero attached hydrogens (tertiary/aromatic N) is 1. The molecule has 1 atom stereocenters. The number of nitrogen functional groups attached to an aromatic ring is 1. The van der Waals surface area contributed by atoms with Gasteiger partial charge in [0, 0.05) is 5.69 Å². The number of β-amino-alcohol motifs (C(OH)–C–C–N with tert-alkyl or cyclic N) is 1. The Kier molecular flexibility index (Phi) is 3.19. The Hall–Kier alpha value is -2.66. The first-order valence-electron chi connectivity index (χ1n) is 6.56. The topological polar surface area (TPSA) is 83.6 Å². The van der Waals surface area contributed by atoms with Crippen molar-refractivity contribution in [1.82, 2.24) is 4.90 Å². The van der Waals surface area contributed by atoms with Gasteiger partial charge in [-0.15, -0.1) is 0 Å². The molecule has 106 valence electrons. The number of fused-ring (bicyclic) bond motifs is 1. The van der Waals surface area contributed by atoms with E-state index >= 15 is 0 Å². The number of imide groups is 1. The van der Waals surface area contributed by atoms with Crippen molar-refractivity contribution < 1.29 is 14.7 Å². The Labute approximate surface area is 121 Å². The van der Waals surface area contributed by atoms with Gasteiger partial charge in [0.15, 0.2) is 0 Å². The van der Waals surface area contributed by atoms with E-state index in [1.165, 1.54) is 0 Å². The Balaban J connectivity index is 1.82. The van der Waals surface area contributed by atoms with Crippen LogP contribution in [-0.4, -0.2) is 28.4 Å². The molecule has 0 radical (unpaired) electrons. The van der Waals surface area contributed by atoms with Crippen LogP contribution in [-0.2, 0) is 0 Å². The molecule has 0 aromatic heterocycles. The summed E-state index contributed by atoms with van der Waals surface area (Å²) in [6.45, 7) is -0.0732. The van der Waals surface area contributed by atoms with E-state index in [1.54, 1.807) is 48.5 Å². The second-order valence-electron chi connectivity index (χ2n) is 4.95. The average molecular weight is 282 g/mol. The Morgan fingerprint density at radius 3 is 2.00 bits per heavy atom. The zero-order chi connectivity index (χ0) is 15.0. The molecule has 0 saturated heterocycles. The Morgan fingerprint density at radius 1 is 0.952 bits per heavy atom. The van der Waals surface area contributed by atoms with E-state index in [0.717, 1.165) is 4.90 Å². The zero-order valence-electron chi connectivity index (χ0n) is 11.2. The largest absolute Gasteiger partial charge is 0.399 e. The first-order valence-corrected chi connectivity index (χ1v) is 6.56. The highest BCUT2D eigenvalue weighted by molar-refractivity contribution is 6.21. The molecule has 5 nitrogen and oxygen atoms in total. The van der Waals surface area contributed by atoms with Crippen LogP contribution in [0, 0.1) is 0 Å². The number of nitrogens with two attached hydrogens (primary N) is 1. The molecule has 5 heteroatoms. The first kappa shape index (κ1) is 13.3. The van der Waals surface area contributed by atoms with Crippen LogP contribution >= 0.6 is 0 Å². The number of hydrogen-bond donors (Lipinski definition) is 2. The van der Waals surface area contributed by atoms with Gasteiger partial charge >= 0.3 is 0 Å². The van der Waals surface area contributed by atoms with Crippen LogP contribution in [0.15, 0.2) is 48.5 Å². The molecule has 0 aliphatic carbocycles. The quantitative estimate of drug-likeness (QED) is 0.661. The highest BCUT2D eigenvalue weighted by atomic mass is 16.3. The van der Waals surface area contributed by atoms with Crippen LogP contribution in [0.3, 0.4) is 0 Å². The number of benzene rings is 2. The lowest BCUT2D eigenvalue weighted by Crippen LogP contribution is -2.33. The molecule has 21 heavy (non-hydrogen) atoms. The summed E-state index contributed by atoms with van der Waals surface area (Å²) in [6.07, 6.45) is -0.937. The minimum atomic E-state index is -0.937. The molecule has 3 rings (SSSR count). The van der Waals surface area contributed by atoms with Gasteiger partial charge in [0.1, 0.15) is 0 Å². The summed E-state index contributed by atoms with van der Waals surface area (Å²) in [4.78, 5) is 25.5. The molecule has 0 fully saturated rings. The molecule has 1 heterocycles. The molecule has 2 aromatic carbocycles. The van der Waals surface area contributed by atoms with E-state index in [0.29, 0.717) is 22.4 Å². The number of aliphatic hydroxyl groups excluding tert-OH is 1. The van der Waals surface area contributed by atoms with Gasteiger partial charge in [0.2, 0.25) is 0 Å². The van der Waals surface area contributed by atoms with Crippen molar-refractivity contribution in [2.45, 2.75) is 6.10 Å². The third-order valence-corrected chi connectivity index (χ3v) is 3.55. The number of aliphatic hydroxyl groups is 1. The SMILES string of the molecule is Nc1ccc(C(O)CN2C(=O)c3ccccc3C2=O)cc1. The maximum absolute atomic E-state index is 12.2. The summed E-state index contributed by atoms with van der Waals surface area (Å²) in [5.74, 6) is -0.741. The van der Waals surface area contributed by atoms with Crippen molar-refractivity contribution in [3.05, 3.63) is 65.2 Å². The smallest absolute Gasteiger partial charge is 0.261 e. The Morgan fingerprint density at radius 2 is 1.48 bits per heavy atom. The molecule has 3 N–H and O–H groups in total. The molecule has 1 aliphatic heterocycles. The minimum Gasteiger partial charge on any atom is -0.399 e. The van der Waals surface area contributed by atoms with Gasteiger partial charge in [-0.1, -0.05) is 24.3 Å². The maximum Gasteiger partial charge on any atom is 0.261 e. The van der Waals surface area contributed by atoms with Crippen LogP contribution in [0.2, 0.25) is 0 Å². The van der Waals surface area contributed by atoms with Crippen molar-refractivity contribution >= 4 is 17.5 Å². The third-order valence-electron chi connectivity index (χ3n) is 3.55. The number of hydrogen-bond acceptors (Lipinski definition) is 4. The molecule has 0 saturated carbocycles. The van der Waals surface area contributed by atoms with Crippen LogP contribution in [0.5, 0.6) is 0 Å². The zero-order valence-corrected chi connectivity index (χ0v) is 11.2. The van der Waals surface area contributed by atoms with E-state index < -0.39 is 6.10 Å². The van der Waals surface area contributed by atoms with Crippen LogP contribution in [0.4, 0.5) is 5.69 Å². The fraction of sp³-hybridized carbons (Fsp3) is 0.125. The first-order chi connectivity index (χ1) is 10.1. The van der Waals surface area contributed by atoms with E-state index in [-0.39, 0.29) is 18.4 Å². The van der Waals surface area contributed by atoms with Gasteiger partial charge in [-0.2, -0.15) is 0 Å². The number of carbonyl (C=O) groups excluding carboxylic acids is 2. The fourth-order valence-corrected chi connectivity index (χ4v) is 2.40. The van der Waals surface area contributed by atoms with Crippen molar-refractivity contribution in [2.75, 3.05) is 12.3 Å². The van der Waals surface area contributed by atoms with Gasteiger partial charge in [-0.25, -0.2) is 0 Å². The van der Waals surface area contributed by atoms with Gasteiger partial charge in [-0.05, 0) is 29.8 Å².